The number of benzene rings is 2. The first-order chi connectivity index (χ1) is 11.6. The highest BCUT2D eigenvalue weighted by molar-refractivity contribution is 7.18. The Hall–Kier alpha value is -2.73. The van der Waals surface area contributed by atoms with Gasteiger partial charge in [-0.15, -0.1) is 10.2 Å². The summed E-state index contributed by atoms with van der Waals surface area (Å²) in [5.41, 5.74) is 3.14. The molecule has 0 atom stereocenters. The lowest BCUT2D eigenvalue weighted by molar-refractivity contribution is -0.118. The average Bonchev–Trinajstić information content (AvgIpc) is 3.03. The average molecular weight is 339 g/mol. The number of rotatable bonds is 5. The first-order valence-corrected chi connectivity index (χ1v) is 8.32. The van der Waals surface area contributed by atoms with E-state index in [1.165, 1.54) is 11.3 Å². The first-order valence-electron chi connectivity index (χ1n) is 7.50. The predicted molar refractivity (Wildman–Crippen MR) is 95.4 cm³/mol. The van der Waals surface area contributed by atoms with E-state index in [0.717, 1.165) is 21.7 Å². The van der Waals surface area contributed by atoms with Crippen molar-refractivity contribution in [2.24, 2.45) is 0 Å². The molecule has 0 saturated heterocycles. The molecule has 3 aromatic rings. The third-order valence-corrected chi connectivity index (χ3v) is 4.27. The summed E-state index contributed by atoms with van der Waals surface area (Å²) in [4.78, 5) is 12.0. The Bertz CT molecular complexity index is 846. The number of nitrogens with zero attached hydrogens (tertiary/aromatic N) is 2. The van der Waals surface area contributed by atoms with Crippen molar-refractivity contribution in [1.82, 2.24) is 10.2 Å². The Balaban J connectivity index is 1.58. The Morgan fingerprint density at radius 2 is 1.92 bits per heavy atom. The van der Waals surface area contributed by atoms with Crippen LogP contribution in [0.5, 0.6) is 5.75 Å². The minimum atomic E-state index is -0.259. The Morgan fingerprint density at radius 1 is 1.12 bits per heavy atom. The van der Waals surface area contributed by atoms with E-state index in [1.807, 2.05) is 62.4 Å². The number of carbonyl (C=O) groups excluding carboxylic acids is 1. The van der Waals surface area contributed by atoms with Gasteiger partial charge in [0.1, 0.15) is 10.8 Å². The molecule has 0 aliphatic rings. The summed E-state index contributed by atoms with van der Waals surface area (Å²) < 4.78 is 5.56. The predicted octanol–water partition coefficient (Wildman–Crippen LogP) is 3.84. The lowest BCUT2D eigenvalue weighted by Crippen LogP contribution is -2.20. The zero-order valence-corrected chi connectivity index (χ0v) is 14.3. The summed E-state index contributed by atoms with van der Waals surface area (Å²) >= 11 is 1.33. The van der Waals surface area contributed by atoms with Gasteiger partial charge >= 0.3 is 0 Å². The highest BCUT2D eigenvalue weighted by Crippen LogP contribution is 2.26. The standard InChI is InChI=1S/C18H17N3O2S/c1-12-8-9-15(13(2)10-12)23-11-16(22)19-18-21-20-17(24-18)14-6-4-3-5-7-14/h3-10H,11H2,1-2H3,(H,19,21,22). The summed E-state index contributed by atoms with van der Waals surface area (Å²) in [7, 11) is 0. The van der Waals surface area contributed by atoms with Gasteiger partial charge in [-0.05, 0) is 25.5 Å². The largest absolute Gasteiger partial charge is 0.483 e. The number of amides is 1. The van der Waals surface area contributed by atoms with Crippen molar-refractivity contribution in [3.8, 4) is 16.3 Å². The van der Waals surface area contributed by atoms with E-state index in [9.17, 15) is 4.79 Å². The van der Waals surface area contributed by atoms with E-state index in [0.29, 0.717) is 10.9 Å². The second-order valence-electron chi connectivity index (χ2n) is 5.38. The molecule has 0 aliphatic heterocycles. The Morgan fingerprint density at radius 3 is 2.67 bits per heavy atom. The highest BCUT2D eigenvalue weighted by Gasteiger charge is 2.10. The van der Waals surface area contributed by atoms with Crippen LogP contribution in [0.1, 0.15) is 11.1 Å². The molecule has 5 nitrogen and oxygen atoms in total. The van der Waals surface area contributed by atoms with Crippen molar-refractivity contribution < 1.29 is 9.53 Å². The van der Waals surface area contributed by atoms with Gasteiger partial charge in [0.2, 0.25) is 5.13 Å². The first kappa shape index (κ1) is 16.1. The second kappa shape index (κ2) is 7.23. The lowest BCUT2D eigenvalue weighted by atomic mass is 10.1. The lowest BCUT2D eigenvalue weighted by Gasteiger charge is -2.09. The topological polar surface area (TPSA) is 64.1 Å². The number of ether oxygens (including phenoxy) is 1. The molecule has 1 N–H and O–H groups in total. The van der Waals surface area contributed by atoms with Gasteiger partial charge in [-0.25, -0.2) is 0 Å². The number of aryl methyl sites for hydroxylation is 2. The van der Waals surface area contributed by atoms with Gasteiger partial charge in [-0.3, -0.25) is 10.1 Å². The molecular formula is C18H17N3O2S. The van der Waals surface area contributed by atoms with Crippen molar-refractivity contribution in [1.29, 1.82) is 0 Å². The smallest absolute Gasteiger partial charge is 0.264 e. The van der Waals surface area contributed by atoms with Crippen LogP contribution in [0.4, 0.5) is 5.13 Å². The number of aromatic nitrogens is 2. The molecule has 1 heterocycles. The summed E-state index contributed by atoms with van der Waals surface area (Å²) in [6.07, 6.45) is 0. The summed E-state index contributed by atoms with van der Waals surface area (Å²) in [6, 6.07) is 15.6. The van der Waals surface area contributed by atoms with Gasteiger partial charge in [0.05, 0.1) is 0 Å². The van der Waals surface area contributed by atoms with Gasteiger partial charge in [0, 0.05) is 5.56 Å². The fourth-order valence-electron chi connectivity index (χ4n) is 2.23. The van der Waals surface area contributed by atoms with Crippen LogP contribution >= 0.6 is 11.3 Å². The van der Waals surface area contributed by atoms with Crippen LogP contribution < -0.4 is 10.1 Å². The summed E-state index contributed by atoms with van der Waals surface area (Å²) in [5.74, 6) is 0.448. The van der Waals surface area contributed by atoms with Crippen molar-refractivity contribution in [2.45, 2.75) is 13.8 Å². The molecule has 2 aromatic carbocycles. The molecule has 0 fully saturated rings. The highest BCUT2D eigenvalue weighted by atomic mass is 32.1. The van der Waals surface area contributed by atoms with E-state index < -0.39 is 0 Å². The van der Waals surface area contributed by atoms with E-state index in [-0.39, 0.29) is 12.5 Å². The molecule has 122 valence electrons. The number of anilines is 1. The molecule has 0 saturated carbocycles. The number of hydrogen-bond donors (Lipinski definition) is 1. The maximum absolute atomic E-state index is 12.0. The van der Waals surface area contributed by atoms with E-state index in [4.69, 9.17) is 4.74 Å². The molecule has 0 aliphatic carbocycles. The van der Waals surface area contributed by atoms with Crippen molar-refractivity contribution >= 4 is 22.4 Å². The van der Waals surface area contributed by atoms with E-state index >= 15 is 0 Å². The fraction of sp³-hybridized carbons (Fsp3) is 0.167. The molecular weight excluding hydrogens is 322 g/mol. The molecule has 0 radical (unpaired) electrons. The number of nitrogens with one attached hydrogen (secondary N) is 1. The molecule has 3 rings (SSSR count). The van der Waals surface area contributed by atoms with Gasteiger partial charge in [-0.1, -0.05) is 59.4 Å². The number of hydrogen-bond acceptors (Lipinski definition) is 5. The second-order valence-corrected chi connectivity index (χ2v) is 6.36. The van der Waals surface area contributed by atoms with Crippen LogP contribution in [0.2, 0.25) is 0 Å². The summed E-state index contributed by atoms with van der Waals surface area (Å²) in [5, 5.41) is 12.0. The summed E-state index contributed by atoms with van der Waals surface area (Å²) in [6.45, 7) is 3.91. The van der Waals surface area contributed by atoms with E-state index in [1.54, 1.807) is 0 Å². The SMILES string of the molecule is Cc1ccc(OCC(=O)Nc2nnc(-c3ccccc3)s2)c(C)c1. The monoisotopic (exact) mass is 339 g/mol. The fourth-order valence-corrected chi connectivity index (χ4v) is 3.00. The normalized spacial score (nSPS) is 10.4. The van der Waals surface area contributed by atoms with Crippen LogP contribution in [0.3, 0.4) is 0 Å². The van der Waals surface area contributed by atoms with Gasteiger partial charge in [0.15, 0.2) is 6.61 Å². The maximum atomic E-state index is 12.0. The molecule has 0 unspecified atom stereocenters. The Labute approximate surface area is 144 Å². The minimum absolute atomic E-state index is 0.0653. The molecule has 24 heavy (non-hydrogen) atoms. The zero-order chi connectivity index (χ0) is 16.9. The molecule has 0 bridgehead atoms. The van der Waals surface area contributed by atoms with Gasteiger partial charge < -0.3 is 4.74 Å². The van der Waals surface area contributed by atoms with Crippen LogP contribution in [-0.4, -0.2) is 22.7 Å². The third-order valence-electron chi connectivity index (χ3n) is 3.38. The zero-order valence-electron chi connectivity index (χ0n) is 13.4. The molecule has 1 aromatic heterocycles. The molecule has 1 amide bonds. The van der Waals surface area contributed by atoms with Crippen molar-refractivity contribution in [3.05, 3.63) is 59.7 Å². The quantitative estimate of drug-likeness (QED) is 0.767. The number of carbonyl (C=O) groups is 1. The molecule has 0 spiro atoms. The van der Waals surface area contributed by atoms with Crippen LogP contribution in [-0.2, 0) is 4.79 Å². The maximum Gasteiger partial charge on any atom is 0.264 e. The van der Waals surface area contributed by atoms with Gasteiger partial charge in [0.25, 0.3) is 5.91 Å². The van der Waals surface area contributed by atoms with Crippen LogP contribution in [0, 0.1) is 13.8 Å². The minimum Gasteiger partial charge on any atom is -0.483 e. The van der Waals surface area contributed by atoms with Crippen molar-refractivity contribution in [2.75, 3.05) is 11.9 Å². The van der Waals surface area contributed by atoms with Crippen LogP contribution in [0.15, 0.2) is 48.5 Å². The Kier molecular flexibility index (Phi) is 4.86. The van der Waals surface area contributed by atoms with Crippen molar-refractivity contribution in [3.63, 3.8) is 0 Å². The van der Waals surface area contributed by atoms with E-state index in [2.05, 4.69) is 15.5 Å². The third kappa shape index (κ3) is 3.97. The van der Waals surface area contributed by atoms with Crippen LogP contribution in [0.25, 0.3) is 10.6 Å². The molecule has 6 heteroatoms. The van der Waals surface area contributed by atoms with Gasteiger partial charge in [-0.2, -0.15) is 0 Å².